The van der Waals surface area contributed by atoms with Crippen LogP contribution in [0.2, 0.25) is 0 Å². The standard InChI is InChI=1S/C19H20FN5O4/c1-23-17-15(9-21-16(22-17)11-28-2)25(18(23)26)19(27)24-8-7-14(10-24)29-13-5-3-12(20)4-6-13/h3-6,9,14H,7-8,10-11H2,1-2H3/t14-/m1/s1. The molecule has 0 N–H and O–H groups in total. The molecular formula is C19H20FN5O4. The van der Waals surface area contributed by atoms with E-state index in [1.54, 1.807) is 24.1 Å². The molecule has 0 aliphatic carbocycles. The molecule has 1 aliphatic rings. The molecule has 9 nitrogen and oxygen atoms in total. The van der Waals surface area contributed by atoms with Crippen molar-refractivity contribution < 1.29 is 18.7 Å². The first kappa shape index (κ1) is 19.1. The Hall–Kier alpha value is -3.27. The summed E-state index contributed by atoms with van der Waals surface area (Å²) in [6, 6.07) is 5.28. The van der Waals surface area contributed by atoms with Gasteiger partial charge in [0.2, 0.25) is 0 Å². The van der Waals surface area contributed by atoms with Crippen molar-refractivity contribution >= 4 is 17.2 Å². The van der Waals surface area contributed by atoms with Crippen molar-refractivity contribution in [2.45, 2.75) is 19.1 Å². The molecular weight excluding hydrogens is 381 g/mol. The molecule has 0 bridgehead atoms. The zero-order valence-electron chi connectivity index (χ0n) is 16.0. The SMILES string of the molecule is COCc1ncc2c(n1)n(C)c(=O)n2C(=O)N1CC[C@@H](Oc2ccc(F)cc2)C1. The first-order chi connectivity index (χ1) is 14.0. The maximum Gasteiger partial charge on any atom is 0.338 e. The summed E-state index contributed by atoms with van der Waals surface area (Å²) < 4.78 is 26.3. The lowest BCUT2D eigenvalue weighted by Crippen LogP contribution is -2.39. The molecule has 1 fully saturated rings. The molecule has 4 rings (SSSR count). The fourth-order valence-corrected chi connectivity index (χ4v) is 3.38. The fourth-order valence-electron chi connectivity index (χ4n) is 3.38. The van der Waals surface area contributed by atoms with Crippen LogP contribution >= 0.6 is 0 Å². The smallest absolute Gasteiger partial charge is 0.338 e. The molecule has 0 unspecified atom stereocenters. The van der Waals surface area contributed by atoms with Crippen molar-refractivity contribution in [3.05, 3.63) is 52.6 Å². The fraction of sp³-hybridized carbons (Fsp3) is 0.368. The highest BCUT2D eigenvalue weighted by Gasteiger charge is 2.31. The molecule has 10 heteroatoms. The second-order valence-corrected chi connectivity index (χ2v) is 6.82. The van der Waals surface area contributed by atoms with Gasteiger partial charge in [0, 0.05) is 27.1 Å². The molecule has 152 valence electrons. The Morgan fingerprint density at radius 2 is 2.07 bits per heavy atom. The monoisotopic (exact) mass is 401 g/mol. The number of amides is 1. The summed E-state index contributed by atoms with van der Waals surface area (Å²) in [6.45, 7) is 0.968. The van der Waals surface area contributed by atoms with E-state index < -0.39 is 11.7 Å². The lowest BCUT2D eigenvalue weighted by Gasteiger charge is -2.17. The topological polar surface area (TPSA) is 91.5 Å². The van der Waals surface area contributed by atoms with E-state index in [1.807, 2.05) is 0 Å². The molecule has 1 atom stereocenters. The number of carbonyl (C=O) groups is 1. The first-order valence-electron chi connectivity index (χ1n) is 9.11. The highest BCUT2D eigenvalue weighted by Crippen LogP contribution is 2.20. The molecule has 1 saturated heterocycles. The van der Waals surface area contributed by atoms with Gasteiger partial charge in [0.05, 0.1) is 12.7 Å². The second-order valence-electron chi connectivity index (χ2n) is 6.82. The molecule has 1 amide bonds. The van der Waals surface area contributed by atoms with E-state index in [-0.39, 0.29) is 18.5 Å². The minimum absolute atomic E-state index is 0.206. The van der Waals surface area contributed by atoms with Gasteiger partial charge >= 0.3 is 11.7 Å². The molecule has 0 spiro atoms. The minimum Gasteiger partial charge on any atom is -0.489 e. The van der Waals surface area contributed by atoms with Crippen LogP contribution in [-0.4, -0.2) is 56.3 Å². The van der Waals surface area contributed by atoms with Crippen molar-refractivity contribution in [3.63, 3.8) is 0 Å². The van der Waals surface area contributed by atoms with Gasteiger partial charge < -0.3 is 14.4 Å². The number of methoxy groups -OCH3 is 1. The van der Waals surface area contributed by atoms with Crippen molar-refractivity contribution in [3.8, 4) is 5.75 Å². The van der Waals surface area contributed by atoms with Crippen LogP contribution in [0.4, 0.5) is 9.18 Å². The Balaban J connectivity index is 1.55. The molecule has 2 aromatic heterocycles. The van der Waals surface area contributed by atoms with Gasteiger partial charge in [0.1, 0.15) is 29.8 Å². The molecule has 1 aliphatic heterocycles. The van der Waals surface area contributed by atoms with E-state index in [2.05, 4.69) is 9.97 Å². The zero-order valence-corrected chi connectivity index (χ0v) is 16.0. The van der Waals surface area contributed by atoms with Crippen LogP contribution in [-0.2, 0) is 18.4 Å². The quantitative estimate of drug-likeness (QED) is 0.659. The van der Waals surface area contributed by atoms with Gasteiger partial charge in [-0.15, -0.1) is 0 Å². The van der Waals surface area contributed by atoms with Crippen LogP contribution in [0.15, 0.2) is 35.3 Å². The van der Waals surface area contributed by atoms with Gasteiger partial charge in [-0.05, 0) is 24.3 Å². The van der Waals surface area contributed by atoms with Crippen LogP contribution in [0.25, 0.3) is 11.2 Å². The summed E-state index contributed by atoms with van der Waals surface area (Å²) in [7, 11) is 3.08. The lowest BCUT2D eigenvalue weighted by molar-refractivity contribution is 0.178. The average molecular weight is 401 g/mol. The van der Waals surface area contributed by atoms with Crippen molar-refractivity contribution in [1.29, 1.82) is 0 Å². The third-order valence-corrected chi connectivity index (χ3v) is 4.83. The predicted octanol–water partition coefficient (Wildman–Crippen LogP) is 1.54. The molecule has 0 saturated carbocycles. The van der Waals surface area contributed by atoms with Gasteiger partial charge in [-0.3, -0.25) is 4.57 Å². The average Bonchev–Trinajstić information content (AvgIpc) is 3.27. The number of aryl methyl sites for hydroxylation is 1. The summed E-state index contributed by atoms with van der Waals surface area (Å²) in [5.41, 5.74) is 0.214. The summed E-state index contributed by atoms with van der Waals surface area (Å²) in [4.78, 5) is 35.7. The van der Waals surface area contributed by atoms with Gasteiger partial charge in [0.15, 0.2) is 11.5 Å². The van der Waals surface area contributed by atoms with Crippen molar-refractivity contribution in [2.75, 3.05) is 20.2 Å². The highest BCUT2D eigenvalue weighted by molar-refractivity contribution is 5.87. The number of rotatable bonds is 4. The highest BCUT2D eigenvalue weighted by atomic mass is 19.1. The minimum atomic E-state index is -0.489. The second kappa shape index (κ2) is 7.63. The number of hydrogen-bond acceptors (Lipinski definition) is 6. The Morgan fingerprint density at radius 1 is 1.31 bits per heavy atom. The lowest BCUT2D eigenvalue weighted by atomic mass is 10.3. The van der Waals surface area contributed by atoms with Gasteiger partial charge in [0.25, 0.3) is 0 Å². The Bertz CT molecular complexity index is 1110. The first-order valence-corrected chi connectivity index (χ1v) is 9.11. The van der Waals surface area contributed by atoms with Crippen LogP contribution < -0.4 is 10.4 Å². The number of imidazole rings is 1. The van der Waals surface area contributed by atoms with E-state index in [0.717, 1.165) is 4.57 Å². The number of ether oxygens (including phenoxy) is 2. The summed E-state index contributed by atoms with van der Waals surface area (Å²) >= 11 is 0. The zero-order chi connectivity index (χ0) is 20.5. The third kappa shape index (κ3) is 3.58. The van der Waals surface area contributed by atoms with Crippen LogP contribution in [0, 0.1) is 5.82 Å². The Labute approximate surface area is 165 Å². The number of fused-ring (bicyclic) bond motifs is 1. The summed E-state index contributed by atoms with van der Waals surface area (Å²) in [5.74, 6) is 0.619. The normalized spacial score (nSPS) is 16.5. The predicted molar refractivity (Wildman–Crippen MR) is 101 cm³/mol. The van der Waals surface area contributed by atoms with Crippen LogP contribution in [0.1, 0.15) is 12.2 Å². The molecule has 3 aromatic rings. The summed E-state index contributed by atoms with van der Waals surface area (Å²) in [5, 5.41) is 0. The van der Waals surface area contributed by atoms with E-state index in [1.165, 1.54) is 30.0 Å². The van der Waals surface area contributed by atoms with E-state index >= 15 is 0 Å². The Morgan fingerprint density at radius 3 is 2.79 bits per heavy atom. The number of carbonyl (C=O) groups excluding carboxylic acids is 1. The van der Waals surface area contributed by atoms with E-state index in [9.17, 15) is 14.0 Å². The molecule has 0 radical (unpaired) electrons. The largest absolute Gasteiger partial charge is 0.489 e. The molecule has 1 aromatic carbocycles. The number of likely N-dealkylation sites (tertiary alicyclic amines) is 1. The van der Waals surface area contributed by atoms with Gasteiger partial charge in [-0.25, -0.2) is 28.5 Å². The Kier molecular flexibility index (Phi) is 5.01. The van der Waals surface area contributed by atoms with Crippen LogP contribution in [0.5, 0.6) is 5.75 Å². The van der Waals surface area contributed by atoms with E-state index in [0.29, 0.717) is 42.2 Å². The number of benzene rings is 1. The van der Waals surface area contributed by atoms with Crippen molar-refractivity contribution in [2.24, 2.45) is 7.05 Å². The van der Waals surface area contributed by atoms with Gasteiger partial charge in [-0.1, -0.05) is 0 Å². The maximum absolute atomic E-state index is 13.0. The number of aromatic nitrogens is 4. The maximum atomic E-state index is 13.0. The summed E-state index contributed by atoms with van der Waals surface area (Å²) in [6.07, 6.45) is 1.83. The molecule has 3 heterocycles. The van der Waals surface area contributed by atoms with E-state index in [4.69, 9.17) is 9.47 Å². The number of halogens is 1. The van der Waals surface area contributed by atoms with Gasteiger partial charge in [-0.2, -0.15) is 0 Å². The molecule has 29 heavy (non-hydrogen) atoms. The van der Waals surface area contributed by atoms with Crippen LogP contribution in [0.3, 0.4) is 0 Å². The number of hydrogen-bond donors (Lipinski definition) is 0. The number of nitrogens with zero attached hydrogens (tertiary/aromatic N) is 5. The van der Waals surface area contributed by atoms with Crippen molar-refractivity contribution in [1.82, 2.24) is 24.0 Å². The third-order valence-electron chi connectivity index (χ3n) is 4.83.